The summed E-state index contributed by atoms with van der Waals surface area (Å²) in [5.41, 5.74) is 2.55. The zero-order valence-electron chi connectivity index (χ0n) is 10.3. The van der Waals surface area contributed by atoms with Gasteiger partial charge in [-0.3, -0.25) is 0 Å². The predicted molar refractivity (Wildman–Crippen MR) is 82.3 cm³/mol. The van der Waals surface area contributed by atoms with E-state index < -0.39 is 0 Å². The van der Waals surface area contributed by atoms with Gasteiger partial charge < -0.3 is 5.32 Å². The Bertz CT molecular complexity index is 531. The summed E-state index contributed by atoms with van der Waals surface area (Å²) in [5.74, 6) is 0.807. The van der Waals surface area contributed by atoms with E-state index in [1.54, 1.807) is 0 Å². The van der Waals surface area contributed by atoms with Crippen molar-refractivity contribution in [2.75, 3.05) is 5.32 Å². The summed E-state index contributed by atoms with van der Waals surface area (Å²) in [5, 5.41) is 5.90. The summed E-state index contributed by atoms with van der Waals surface area (Å²) in [6, 6.07) is 11.3. The third kappa shape index (κ3) is 2.62. The molecule has 1 saturated carbocycles. The molecule has 1 nitrogen and oxygen atoms in total. The molecule has 1 unspecified atom stereocenters. The molecule has 0 amide bonds. The van der Waals surface area contributed by atoms with Gasteiger partial charge in [-0.1, -0.05) is 28.1 Å². The molecule has 1 heterocycles. The molecule has 0 saturated heterocycles. The fourth-order valence-corrected chi connectivity index (χ4v) is 3.47. The van der Waals surface area contributed by atoms with Gasteiger partial charge in [-0.05, 0) is 54.8 Å². The van der Waals surface area contributed by atoms with Crippen molar-refractivity contribution in [2.45, 2.75) is 25.8 Å². The Labute approximate surface area is 120 Å². The highest BCUT2D eigenvalue weighted by Crippen LogP contribution is 2.44. The number of benzene rings is 1. The van der Waals surface area contributed by atoms with E-state index in [-0.39, 0.29) is 0 Å². The van der Waals surface area contributed by atoms with Gasteiger partial charge in [-0.15, -0.1) is 11.3 Å². The Morgan fingerprint density at radius 1 is 1.33 bits per heavy atom. The quantitative estimate of drug-likeness (QED) is 0.796. The minimum Gasteiger partial charge on any atom is -0.377 e. The summed E-state index contributed by atoms with van der Waals surface area (Å²) in [6.07, 6.45) is 2.70. The molecule has 1 aromatic carbocycles. The van der Waals surface area contributed by atoms with Crippen LogP contribution in [-0.4, -0.2) is 0 Å². The summed E-state index contributed by atoms with van der Waals surface area (Å²) in [4.78, 5) is 1.46. The largest absolute Gasteiger partial charge is 0.377 e. The summed E-state index contributed by atoms with van der Waals surface area (Å²) in [6.45, 7) is 2.16. The van der Waals surface area contributed by atoms with E-state index in [0.29, 0.717) is 6.04 Å². The molecule has 1 aliphatic carbocycles. The monoisotopic (exact) mass is 321 g/mol. The molecular weight excluding hydrogens is 306 g/mol. The Hall–Kier alpha value is -0.800. The third-order valence-corrected chi connectivity index (χ3v) is 4.90. The van der Waals surface area contributed by atoms with Crippen molar-refractivity contribution in [1.29, 1.82) is 0 Å². The van der Waals surface area contributed by atoms with Crippen molar-refractivity contribution in [3.63, 3.8) is 0 Å². The first-order chi connectivity index (χ1) is 8.74. The van der Waals surface area contributed by atoms with Crippen molar-refractivity contribution < 1.29 is 0 Å². The number of rotatable bonds is 4. The average molecular weight is 322 g/mol. The van der Waals surface area contributed by atoms with Crippen molar-refractivity contribution in [3.8, 4) is 0 Å². The van der Waals surface area contributed by atoms with Gasteiger partial charge in [-0.2, -0.15) is 0 Å². The van der Waals surface area contributed by atoms with E-state index in [1.807, 2.05) is 11.3 Å². The van der Waals surface area contributed by atoms with Gasteiger partial charge in [0.1, 0.15) is 0 Å². The standard InChI is InChI=1S/C15H16BrNS/c1-10-4-7-12(16)9-13(10)17-15(11-5-6-11)14-3-2-8-18-14/h2-4,7-9,11,15,17H,5-6H2,1H3. The van der Waals surface area contributed by atoms with Crippen molar-refractivity contribution in [2.24, 2.45) is 5.92 Å². The van der Waals surface area contributed by atoms with Crippen molar-refractivity contribution in [3.05, 3.63) is 50.6 Å². The summed E-state index contributed by atoms with van der Waals surface area (Å²) in [7, 11) is 0. The SMILES string of the molecule is Cc1ccc(Br)cc1NC(c1cccs1)C1CC1. The molecule has 2 aromatic rings. The predicted octanol–water partition coefficient (Wildman–Crippen LogP) is 5.38. The van der Waals surface area contributed by atoms with E-state index in [1.165, 1.54) is 29.0 Å². The minimum atomic E-state index is 0.484. The van der Waals surface area contributed by atoms with Gasteiger partial charge in [0.25, 0.3) is 0 Å². The Morgan fingerprint density at radius 2 is 2.17 bits per heavy atom. The van der Waals surface area contributed by atoms with Crippen LogP contribution in [0.4, 0.5) is 5.69 Å². The van der Waals surface area contributed by atoms with E-state index >= 15 is 0 Å². The molecule has 94 valence electrons. The number of hydrogen-bond donors (Lipinski definition) is 1. The highest BCUT2D eigenvalue weighted by atomic mass is 79.9. The number of halogens is 1. The van der Waals surface area contributed by atoms with Crippen LogP contribution in [0, 0.1) is 12.8 Å². The maximum absolute atomic E-state index is 3.73. The van der Waals surface area contributed by atoms with Gasteiger partial charge >= 0.3 is 0 Å². The lowest BCUT2D eigenvalue weighted by Crippen LogP contribution is -2.12. The number of anilines is 1. The molecule has 1 atom stereocenters. The topological polar surface area (TPSA) is 12.0 Å². The minimum absolute atomic E-state index is 0.484. The lowest BCUT2D eigenvalue weighted by molar-refractivity contribution is 0.690. The Morgan fingerprint density at radius 3 is 2.83 bits per heavy atom. The fourth-order valence-electron chi connectivity index (χ4n) is 2.24. The molecule has 3 heteroatoms. The summed E-state index contributed by atoms with van der Waals surface area (Å²) >= 11 is 5.40. The van der Waals surface area contributed by atoms with Crippen LogP contribution in [0.2, 0.25) is 0 Å². The van der Waals surface area contributed by atoms with Crippen LogP contribution in [0.1, 0.15) is 29.3 Å². The third-order valence-electron chi connectivity index (χ3n) is 3.45. The van der Waals surface area contributed by atoms with E-state index in [9.17, 15) is 0 Å². The lowest BCUT2D eigenvalue weighted by Gasteiger charge is -2.20. The molecule has 0 bridgehead atoms. The highest BCUT2D eigenvalue weighted by molar-refractivity contribution is 9.10. The molecule has 1 fully saturated rings. The molecule has 1 N–H and O–H groups in total. The van der Waals surface area contributed by atoms with Crippen LogP contribution in [0.25, 0.3) is 0 Å². The van der Waals surface area contributed by atoms with Crippen LogP contribution in [-0.2, 0) is 0 Å². The molecule has 0 aliphatic heterocycles. The van der Waals surface area contributed by atoms with Crippen LogP contribution < -0.4 is 5.32 Å². The van der Waals surface area contributed by atoms with Gasteiger partial charge in [0.05, 0.1) is 6.04 Å². The highest BCUT2D eigenvalue weighted by Gasteiger charge is 2.33. The van der Waals surface area contributed by atoms with Crippen molar-refractivity contribution >= 4 is 33.0 Å². The van der Waals surface area contributed by atoms with E-state index in [4.69, 9.17) is 0 Å². The van der Waals surface area contributed by atoms with Gasteiger partial charge in [0.2, 0.25) is 0 Å². The van der Waals surface area contributed by atoms with E-state index in [2.05, 4.69) is 63.9 Å². The van der Waals surface area contributed by atoms with Gasteiger partial charge in [0.15, 0.2) is 0 Å². The lowest BCUT2D eigenvalue weighted by atomic mass is 10.1. The molecule has 1 aromatic heterocycles. The van der Waals surface area contributed by atoms with Gasteiger partial charge in [0, 0.05) is 15.0 Å². The first kappa shape index (κ1) is 12.2. The molecule has 0 radical (unpaired) electrons. The van der Waals surface area contributed by atoms with Crippen LogP contribution in [0.5, 0.6) is 0 Å². The molecular formula is C15H16BrNS. The number of hydrogen-bond acceptors (Lipinski definition) is 2. The van der Waals surface area contributed by atoms with Crippen LogP contribution in [0.15, 0.2) is 40.2 Å². The molecule has 0 spiro atoms. The maximum atomic E-state index is 3.73. The zero-order chi connectivity index (χ0) is 12.5. The fraction of sp³-hybridized carbons (Fsp3) is 0.333. The average Bonchev–Trinajstić information content (AvgIpc) is 3.05. The van der Waals surface area contributed by atoms with E-state index in [0.717, 1.165) is 10.4 Å². The normalized spacial score (nSPS) is 16.6. The molecule has 3 rings (SSSR count). The summed E-state index contributed by atoms with van der Waals surface area (Å²) < 4.78 is 1.14. The first-order valence-electron chi connectivity index (χ1n) is 6.30. The second-order valence-electron chi connectivity index (χ2n) is 4.93. The second-order valence-corrected chi connectivity index (χ2v) is 6.83. The Balaban J connectivity index is 1.86. The zero-order valence-corrected chi connectivity index (χ0v) is 12.7. The molecule has 1 aliphatic rings. The van der Waals surface area contributed by atoms with Crippen molar-refractivity contribution in [1.82, 2.24) is 0 Å². The Kier molecular flexibility index (Phi) is 3.44. The first-order valence-corrected chi connectivity index (χ1v) is 7.97. The smallest absolute Gasteiger partial charge is 0.0634 e. The van der Waals surface area contributed by atoms with Crippen LogP contribution in [0.3, 0.4) is 0 Å². The van der Waals surface area contributed by atoms with Crippen LogP contribution >= 0.6 is 27.3 Å². The maximum Gasteiger partial charge on any atom is 0.0634 e. The second kappa shape index (κ2) is 5.06. The number of nitrogens with one attached hydrogen (secondary N) is 1. The van der Waals surface area contributed by atoms with Gasteiger partial charge in [-0.25, -0.2) is 0 Å². The number of aryl methyl sites for hydroxylation is 1. The number of thiophene rings is 1. The molecule has 18 heavy (non-hydrogen) atoms.